The van der Waals surface area contributed by atoms with Gasteiger partial charge in [-0.25, -0.2) is 4.98 Å². The van der Waals surface area contributed by atoms with E-state index in [2.05, 4.69) is 61.0 Å². The Kier molecular flexibility index (Phi) is 5.48. The van der Waals surface area contributed by atoms with E-state index in [1.165, 1.54) is 0 Å². The fraction of sp³-hybridized carbons (Fsp3) is 0.600. The van der Waals surface area contributed by atoms with Crippen LogP contribution in [0.15, 0.2) is 10.7 Å². The average molecular weight is 353 g/mol. The molecule has 1 rings (SSSR count). The van der Waals surface area contributed by atoms with Crippen LogP contribution in [0, 0.1) is 5.92 Å². The molecule has 0 amide bonds. The molecular formula is C10H15Br2N3O. The fourth-order valence-electron chi connectivity index (χ4n) is 1.04. The van der Waals surface area contributed by atoms with Crippen molar-refractivity contribution < 1.29 is 4.74 Å². The molecule has 1 heterocycles. The van der Waals surface area contributed by atoms with Gasteiger partial charge in [-0.3, -0.25) is 0 Å². The summed E-state index contributed by atoms with van der Waals surface area (Å²) in [5, 5.41) is 4.18. The lowest BCUT2D eigenvalue weighted by atomic mass is 10.1. The van der Waals surface area contributed by atoms with E-state index >= 15 is 0 Å². The van der Waals surface area contributed by atoms with Crippen LogP contribution in [0.3, 0.4) is 0 Å². The molecule has 0 aliphatic rings. The van der Waals surface area contributed by atoms with Gasteiger partial charge in [0.25, 0.3) is 0 Å². The molecule has 0 aliphatic carbocycles. The number of alkyl halides is 1. The number of rotatable bonds is 5. The zero-order chi connectivity index (χ0) is 12.1. The molecule has 90 valence electrons. The maximum Gasteiger partial charge on any atom is 0.232 e. The van der Waals surface area contributed by atoms with Gasteiger partial charge in [-0.15, -0.1) is 0 Å². The molecule has 6 heteroatoms. The molecule has 0 aromatic carbocycles. The standard InChI is InChI=1S/C10H15Br2N3O/c1-6(4-11)7(2)14-10-13-5-8(12)9(15-10)16-3/h5-7H,4H2,1-3H3,(H,13,14,15). The number of halogens is 2. The SMILES string of the molecule is COc1nc(NC(C)C(C)CBr)ncc1Br. The fourth-order valence-corrected chi connectivity index (χ4v) is 1.96. The Morgan fingerprint density at radius 1 is 1.50 bits per heavy atom. The van der Waals surface area contributed by atoms with Crippen molar-refractivity contribution in [2.45, 2.75) is 19.9 Å². The van der Waals surface area contributed by atoms with Gasteiger partial charge in [0.05, 0.1) is 17.8 Å². The third-order valence-corrected chi connectivity index (χ3v) is 3.92. The minimum Gasteiger partial charge on any atom is -0.480 e. The Balaban J connectivity index is 2.74. The second kappa shape index (κ2) is 6.39. The molecule has 1 aromatic heterocycles. The molecule has 16 heavy (non-hydrogen) atoms. The third kappa shape index (κ3) is 3.59. The van der Waals surface area contributed by atoms with Gasteiger partial charge in [0, 0.05) is 11.4 Å². The van der Waals surface area contributed by atoms with Gasteiger partial charge in [0.2, 0.25) is 11.8 Å². The lowest BCUT2D eigenvalue weighted by molar-refractivity contribution is 0.394. The molecule has 4 nitrogen and oxygen atoms in total. The number of methoxy groups -OCH3 is 1. The predicted molar refractivity (Wildman–Crippen MR) is 72.3 cm³/mol. The van der Waals surface area contributed by atoms with Crippen molar-refractivity contribution in [1.29, 1.82) is 0 Å². The number of hydrogen-bond donors (Lipinski definition) is 1. The molecule has 0 saturated carbocycles. The second-order valence-electron chi connectivity index (χ2n) is 3.62. The predicted octanol–water partition coefficient (Wildman–Crippen LogP) is 3.08. The average Bonchev–Trinajstić information content (AvgIpc) is 2.30. The van der Waals surface area contributed by atoms with Gasteiger partial charge in [0.15, 0.2) is 0 Å². The van der Waals surface area contributed by atoms with Crippen molar-refractivity contribution in [3.05, 3.63) is 10.7 Å². The van der Waals surface area contributed by atoms with E-state index < -0.39 is 0 Å². The monoisotopic (exact) mass is 351 g/mol. The number of hydrogen-bond acceptors (Lipinski definition) is 4. The second-order valence-corrected chi connectivity index (χ2v) is 5.12. The number of nitrogens with one attached hydrogen (secondary N) is 1. The van der Waals surface area contributed by atoms with Crippen LogP contribution in [-0.4, -0.2) is 28.4 Å². The summed E-state index contributed by atoms with van der Waals surface area (Å²) < 4.78 is 5.86. The van der Waals surface area contributed by atoms with Gasteiger partial charge in [-0.1, -0.05) is 22.9 Å². The highest BCUT2D eigenvalue weighted by Crippen LogP contribution is 2.22. The Morgan fingerprint density at radius 3 is 2.75 bits per heavy atom. The lowest BCUT2D eigenvalue weighted by Crippen LogP contribution is -2.25. The van der Waals surface area contributed by atoms with Gasteiger partial charge >= 0.3 is 0 Å². The molecule has 0 aliphatic heterocycles. The minimum absolute atomic E-state index is 0.297. The van der Waals surface area contributed by atoms with Crippen molar-refractivity contribution in [2.75, 3.05) is 17.8 Å². The van der Waals surface area contributed by atoms with Gasteiger partial charge in [0.1, 0.15) is 0 Å². The zero-order valence-electron chi connectivity index (χ0n) is 9.50. The van der Waals surface area contributed by atoms with E-state index in [0.29, 0.717) is 23.8 Å². The Morgan fingerprint density at radius 2 is 2.19 bits per heavy atom. The first kappa shape index (κ1) is 13.7. The van der Waals surface area contributed by atoms with Crippen molar-refractivity contribution >= 4 is 37.8 Å². The molecule has 2 unspecified atom stereocenters. The van der Waals surface area contributed by atoms with Crippen LogP contribution in [0.1, 0.15) is 13.8 Å². The van der Waals surface area contributed by atoms with E-state index in [1.54, 1.807) is 13.3 Å². The molecular weight excluding hydrogens is 338 g/mol. The molecule has 0 radical (unpaired) electrons. The topological polar surface area (TPSA) is 47.0 Å². The first-order valence-electron chi connectivity index (χ1n) is 4.97. The molecule has 0 spiro atoms. The van der Waals surface area contributed by atoms with Gasteiger partial charge in [-0.2, -0.15) is 4.98 Å². The Bertz CT molecular complexity index is 349. The van der Waals surface area contributed by atoms with Crippen LogP contribution in [0.25, 0.3) is 0 Å². The summed E-state index contributed by atoms with van der Waals surface area (Å²) in [6, 6.07) is 0.297. The molecule has 0 bridgehead atoms. The number of anilines is 1. The maximum absolute atomic E-state index is 5.11. The number of nitrogens with zero attached hydrogens (tertiary/aromatic N) is 2. The van der Waals surface area contributed by atoms with Gasteiger partial charge in [-0.05, 0) is 28.8 Å². The summed E-state index contributed by atoms with van der Waals surface area (Å²) in [5.74, 6) is 1.62. The quantitative estimate of drug-likeness (QED) is 0.827. The Labute approximate surface area is 112 Å². The molecule has 0 saturated heterocycles. The van der Waals surface area contributed by atoms with Crippen molar-refractivity contribution in [3.8, 4) is 5.88 Å². The summed E-state index contributed by atoms with van der Waals surface area (Å²) in [4.78, 5) is 8.42. The first-order valence-corrected chi connectivity index (χ1v) is 6.89. The highest BCUT2D eigenvalue weighted by atomic mass is 79.9. The third-order valence-electron chi connectivity index (χ3n) is 2.36. The first-order chi connectivity index (χ1) is 7.58. The maximum atomic E-state index is 5.11. The highest BCUT2D eigenvalue weighted by Gasteiger charge is 2.13. The van der Waals surface area contributed by atoms with E-state index in [9.17, 15) is 0 Å². The minimum atomic E-state index is 0.297. The van der Waals surface area contributed by atoms with E-state index in [1.807, 2.05) is 0 Å². The zero-order valence-corrected chi connectivity index (χ0v) is 12.7. The summed E-state index contributed by atoms with van der Waals surface area (Å²) in [6.45, 7) is 4.26. The smallest absolute Gasteiger partial charge is 0.232 e. The van der Waals surface area contributed by atoms with Crippen molar-refractivity contribution in [2.24, 2.45) is 5.92 Å². The van der Waals surface area contributed by atoms with Crippen LogP contribution >= 0.6 is 31.9 Å². The summed E-state index contributed by atoms with van der Waals surface area (Å²) in [7, 11) is 1.58. The van der Waals surface area contributed by atoms with E-state index in [-0.39, 0.29) is 0 Å². The number of aromatic nitrogens is 2. The van der Waals surface area contributed by atoms with Crippen molar-refractivity contribution in [3.63, 3.8) is 0 Å². The molecule has 1 aromatic rings. The van der Waals surface area contributed by atoms with Crippen LogP contribution < -0.4 is 10.1 Å². The molecule has 2 atom stereocenters. The number of ether oxygens (including phenoxy) is 1. The Hall–Kier alpha value is -0.360. The largest absolute Gasteiger partial charge is 0.480 e. The lowest BCUT2D eigenvalue weighted by Gasteiger charge is -2.19. The van der Waals surface area contributed by atoms with Crippen LogP contribution in [-0.2, 0) is 0 Å². The van der Waals surface area contributed by atoms with E-state index in [0.717, 1.165) is 9.80 Å². The van der Waals surface area contributed by atoms with Crippen molar-refractivity contribution in [1.82, 2.24) is 9.97 Å². The highest BCUT2D eigenvalue weighted by molar-refractivity contribution is 9.10. The molecule has 1 N–H and O–H groups in total. The summed E-state index contributed by atoms with van der Waals surface area (Å²) in [5.41, 5.74) is 0. The summed E-state index contributed by atoms with van der Waals surface area (Å²) >= 11 is 6.77. The van der Waals surface area contributed by atoms with Gasteiger partial charge < -0.3 is 10.1 Å². The van der Waals surface area contributed by atoms with Crippen LogP contribution in [0.2, 0.25) is 0 Å². The van der Waals surface area contributed by atoms with E-state index in [4.69, 9.17) is 4.74 Å². The van der Waals surface area contributed by atoms with Crippen LogP contribution in [0.4, 0.5) is 5.95 Å². The van der Waals surface area contributed by atoms with Crippen LogP contribution in [0.5, 0.6) is 5.88 Å². The normalized spacial score (nSPS) is 14.3. The molecule has 0 fully saturated rings. The summed E-state index contributed by atoms with van der Waals surface area (Å²) in [6.07, 6.45) is 1.68.